The number of amides is 1. The van der Waals surface area contributed by atoms with Gasteiger partial charge in [0.05, 0.1) is 5.69 Å². The topological polar surface area (TPSA) is 54.5 Å². The van der Waals surface area contributed by atoms with Crippen LogP contribution >= 0.6 is 27.5 Å². The summed E-state index contributed by atoms with van der Waals surface area (Å²) in [4.78, 5) is 11.9. The molecule has 0 bridgehead atoms. The van der Waals surface area contributed by atoms with Crippen LogP contribution in [0.2, 0.25) is 0 Å². The van der Waals surface area contributed by atoms with Gasteiger partial charge in [-0.2, -0.15) is 12.7 Å². The molecule has 96 valence electrons. The van der Waals surface area contributed by atoms with E-state index in [1.165, 1.54) is 6.92 Å². The van der Waals surface area contributed by atoms with Gasteiger partial charge in [0.15, 0.2) is 4.36 Å². The predicted molar refractivity (Wildman–Crippen MR) is 73.8 cm³/mol. The molecule has 0 fully saturated rings. The number of hydrogen-bond donors (Lipinski definition) is 0. The lowest BCUT2D eigenvalue weighted by Crippen LogP contribution is -2.31. The minimum absolute atomic E-state index is 0.0391. The predicted octanol–water partition coefficient (Wildman–Crippen LogP) is 2.90. The van der Waals surface area contributed by atoms with E-state index in [0.717, 1.165) is 14.3 Å². The molecule has 0 spiro atoms. The second-order valence-electron chi connectivity index (χ2n) is 3.91. The third-order valence-corrected chi connectivity index (χ3v) is 6.02. The fourth-order valence-electron chi connectivity index (χ4n) is 1.63. The summed E-state index contributed by atoms with van der Waals surface area (Å²) in [5.41, 5.74) is 1.16. The van der Waals surface area contributed by atoms with E-state index in [9.17, 15) is 13.2 Å². The van der Waals surface area contributed by atoms with Gasteiger partial charge in [-0.05, 0) is 37.6 Å². The second-order valence-corrected chi connectivity index (χ2v) is 7.09. The first kappa shape index (κ1) is 13.6. The minimum Gasteiger partial charge on any atom is -0.268 e. The SMILES string of the molecule is CC1=C(Cl)S(=O)(=O)N(c2ccc(Br)c(C)c2)C1=O. The number of nitrogens with zero attached hydrogens (tertiary/aromatic N) is 1. The first-order valence-corrected chi connectivity index (χ1v) is 7.60. The Morgan fingerprint density at radius 1 is 1.28 bits per heavy atom. The molecule has 1 aromatic rings. The van der Waals surface area contributed by atoms with Crippen molar-refractivity contribution in [3.63, 3.8) is 0 Å². The van der Waals surface area contributed by atoms with Gasteiger partial charge in [-0.3, -0.25) is 4.79 Å². The first-order chi connectivity index (χ1) is 8.26. The Labute approximate surface area is 118 Å². The third-order valence-electron chi connectivity index (χ3n) is 2.64. The van der Waals surface area contributed by atoms with Crippen LogP contribution in [0.3, 0.4) is 0 Å². The molecule has 1 aromatic carbocycles. The van der Waals surface area contributed by atoms with E-state index in [1.54, 1.807) is 18.2 Å². The second kappa shape index (κ2) is 4.36. The number of carbonyl (C=O) groups is 1. The molecular formula is C11H9BrClNO3S. The normalized spacial score (nSPS) is 18.7. The van der Waals surface area contributed by atoms with E-state index in [0.29, 0.717) is 0 Å². The molecule has 0 radical (unpaired) electrons. The van der Waals surface area contributed by atoms with Crippen molar-refractivity contribution < 1.29 is 13.2 Å². The van der Waals surface area contributed by atoms with Crippen LogP contribution in [0.4, 0.5) is 5.69 Å². The van der Waals surface area contributed by atoms with Gasteiger partial charge in [0.2, 0.25) is 0 Å². The van der Waals surface area contributed by atoms with Crippen molar-refractivity contribution in [3.05, 3.63) is 38.2 Å². The molecule has 1 amide bonds. The molecule has 1 aliphatic rings. The minimum atomic E-state index is -3.93. The molecule has 18 heavy (non-hydrogen) atoms. The maximum Gasteiger partial charge on any atom is 0.282 e. The number of halogens is 2. The van der Waals surface area contributed by atoms with E-state index in [2.05, 4.69) is 15.9 Å². The third kappa shape index (κ3) is 1.88. The lowest BCUT2D eigenvalue weighted by Gasteiger charge is -2.16. The zero-order valence-corrected chi connectivity index (χ0v) is 12.7. The zero-order chi connectivity index (χ0) is 13.7. The average molecular weight is 351 g/mol. The van der Waals surface area contributed by atoms with Crippen LogP contribution in [0.25, 0.3) is 0 Å². The molecule has 0 aromatic heterocycles. The van der Waals surface area contributed by atoms with Crippen LogP contribution in [-0.2, 0) is 14.8 Å². The van der Waals surface area contributed by atoms with Crippen LogP contribution in [0, 0.1) is 6.92 Å². The summed E-state index contributed by atoms with van der Waals surface area (Å²) in [6, 6.07) is 4.85. The molecule has 0 saturated carbocycles. The summed E-state index contributed by atoms with van der Waals surface area (Å²) in [5.74, 6) is -0.610. The fourth-order valence-corrected chi connectivity index (χ4v) is 3.55. The summed E-state index contributed by atoms with van der Waals surface area (Å²) >= 11 is 9.00. The number of hydrogen-bond acceptors (Lipinski definition) is 3. The van der Waals surface area contributed by atoms with Crippen molar-refractivity contribution in [3.8, 4) is 0 Å². The number of sulfonamides is 1. The summed E-state index contributed by atoms with van der Waals surface area (Å²) in [5, 5.41) is 0. The van der Waals surface area contributed by atoms with E-state index < -0.39 is 20.3 Å². The van der Waals surface area contributed by atoms with Crippen molar-refractivity contribution in [1.29, 1.82) is 0 Å². The molecule has 1 aliphatic heterocycles. The van der Waals surface area contributed by atoms with E-state index >= 15 is 0 Å². The molecule has 0 saturated heterocycles. The lowest BCUT2D eigenvalue weighted by molar-refractivity contribution is -0.113. The van der Waals surface area contributed by atoms with Crippen molar-refractivity contribution in [2.45, 2.75) is 13.8 Å². The monoisotopic (exact) mass is 349 g/mol. The van der Waals surface area contributed by atoms with Gasteiger partial charge in [0.1, 0.15) is 0 Å². The molecule has 2 rings (SSSR count). The van der Waals surface area contributed by atoms with Crippen LogP contribution in [0.1, 0.15) is 12.5 Å². The number of aryl methyl sites for hydroxylation is 1. The quantitative estimate of drug-likeness (QED) is 0.782. The van der Waals surface area contributed by atoms with Gasteiger partial charge >= 0.3 is 0 Å². The summed E-state index contributed by atoms with van der Waals surface area (Å²) in [7, 11) is -3.93. The highest BCUT2D eigenvalue weighted by molar-refractivity contribution is 9.10. The summed E-state index contributed by atoms with van der Waals surface area (Å²) < 4.78 is 25.2. The molecule has 0 atom stereocenters. The number of anilines is 1. The van der Waals surface area contributed by atoms with E-state index in [1.807, 2.05) is 6.92 Å². The summed E-state index contributed by atoms with van der Waals surface area (Å²) in [6.07, 6.45) is 0. The Balaban J connectivity index is 2.60. The molecule has 0 N–H and O–H groups in total. The van der Waals surface area contributed by atoms with Gasteiger partial charge in [-0.15, -0.1) is 0 Å². The smallest absolute Gasteiger partial charge is 0.268 e. The first-order valence-electron chi connectivity index (χ1n) is 4.99. The van der Waals surface area contributed by atoms with E-state index in [4.69, 9.17) is 11.6 Å². The molecule has 7 heteroatoms. The van der Waals surface area contributed by atoms with Crippen LogP contribution in [0.15, 0.2) is 32.6 Å². The van der Waals surface area contributed by atoms with Crippen molar-refractivity contribution in [2.75, 3.05) is 4.31 Å². The summed E-state index contributed by atoms with van der Waals surface area (Å²) in [6.45, 7) is 3.20. The highest BCUT2D eigenvalue weighted by atomic mass is 79.9. The molecule has 0 unspecified atom stereocenters. The van der Waals surface area contributed by atoms with Gasteiger partial charge < -0.3 is 0 Å². The average Bonchev–Trinajstić information content (AvgIpc) is 2.44. The van der Waals surface area contributed by atoms with Gasteiger partial charge in [0, 0.05) is 10.0 Å². The van der Waals surface area contributed by atoms with Gasteiger partial charge in [0.25, 0.3) is 15.9 Å². The Bertz CT molecular complexity index is 682. The van der Waals surface area contributed by atoms with Crippen LogP contribution < -0.4 is 4.31 Å². The molecule has 0 aliphatic carbocycles. The Hall–Kier alpha value is -0.850. The lowest BCUT2D eigenvalue weighted by atomic mass is 10.2. The van der Waals surface area contributed by atoms with Crippen molar-refractivity contribution in [2.24, 2.45) is 0 Å². The standard InChI is InChI=1S/C11H9BrClNO3S/c1-6-5-8(3-4-9(6)12)14-11(15)7(2)10(13)18(14,16)17/h3-5H,1-2H3. The molecular weight excluding hydrogens is 342 g/mol. The highest BCUT2D eigenvalue weighted by Crippen LogP contribution is 2.35. The Morgan fingerprint density at radius 3 is 2.33 bits per heavy atom. The Morgan fingerprint density at radius 2 is 1.89 bits per heavy atom. The van der Waals surface area contributed by atoms with Gasteiger partial charge in [-0.25, -0.2) is 0 Å². The fraction of sp³-hybridized carbons (Fsp3) is 0.182. The van der Waals surface area contributed by atoms with Crippen molar-refractivity contribution in [1.82, 2.24) is 0 Å². The van der Waals surface area contributed by atoms with E-state index in [-0.39, 0.29) is 11.3 Å². The number of rotatable bonds is 1. The van der Waals surface area contributed by atoms with Crippen molar-refractivity contribution >= 4 is 49.1 Å². The number of benzene rings is 1. The van der Waals surface area contributed by atoms with Crippen LogP contribution in [-0.4, -0.2) is 14.3 Å². The largest absolute Gasteiger partial charge is 0.282 e. The van der Waals surface area contributed by atoms with Crippen LogP contribution in [0.5, 0.6) is 0 Å². The Kier molecular flexibility index (Phi) is 3.29. The maximum absolute atomic E-state index is 12.0. The molecule has 1 heterocycles. The number of carbonyl (C=O) groups excluding carboxylic acids is 1. The highest BCUT2D eigenvalue weighted by Gasteiger charge is 2.42. The molecule has 4 nitrogen and oxygen atoms in total. The van der Waals surface area contributed by atoms with Gasteiger partial charge in [-0.1, -0.05) is 27.5 Å². The maximum atomic E-state index is 12.0. The zero-order valence-electron chi connectivity index (χ0n) is 9.57.